The van der Waals surface area contributed by atoms with Gasteiger partial charge in [0.15, 0.2) is 0 Å². The Morgan fingerprint density at radius 1 is 1.28 bits per heavy atom. The summed E-state index contributed by atoms with van der Waals surface area (Å²) < 4.78 is 0. The van der Waals surface area contributed by atoms with Gasteiger partial charge in [0.1, 0.15) is 0 Å². The highest BCUT2D eigenvalue weighted by Crippen LogP contribution is 2.20. The molecular weight excluding hydrogens is 254 g/mol. The Labute approximate surface area is 110 Å². The molecule has 2 rings (SSSR count). The van der Waals surface area contributed by atoms with Gasteiger partial charge in [-0.25, -0.2) is 4.79 Å². The molecule has 1 saturated carbocycles. The Kier molecular flexibility index (Phi) is 4.04. The lowest BCUT2D eigenvalue weighted by molar-refractivity contribution is -0.120. The second-order valence-electron chi connectivity index (χ2n) is 4.13. The first kappa shape index (κ1) is 12.7. The van der Waals surface area contributed by atoms with Gasteiger partial charge in [-0.15, -0.1) is 0 Å². The molecule has 0 aromatic heterocycles. The number of rotatable bonds is 4. The zero-order valence-electron chi connectivity index (χ0n) is 9.70. The summed E-state index contributed by atoms with van der Waals surface area (Å²) in [5, 5.41) is 8.27. The minimum Gasteiger partial charge on any atom is -0.352 e. The van der Waals surface area contributed by atoms with Crippen molar-refractivity contribution in [2.24, 2.45) is 0 Å². The Balaban J connectivity index is 1.74. The molecule has 0 atom stereocenters. The Morgan fingerprint density at radius 3 is 2.67 bits per heavy atom. The normalized spacial score (nSPS) is 13.8. The van der Waals surface area contributed by atoms with Gasteiger partial charge in [0.05, 0.1) is 17.3 Å². The molecule has 1 aliphatic rings. The molecule has 1 aromatic rings. The SMILES string of the molecule is O=C(CNC(=O)Nc1ccccc1Cl)NC1CC1. The van der Waals surface area contributed by atoms with E-state index >= 15 is 0 Å². The second-order valence-corrected chi connectivity index (χ2v) is 4.54. The van der Waals surface area contributed by atoms with Crippen LogP contribution < -0.4 is 16.0 Å². The third-order valence-electron chi connectivity index (χ3n) is 2.47. The lowest BCUT2D eigenvalue weighted by Crippen LogP contribution is -2.39. The zero-order valence-corrected chi connectivity index (χ0v) is 10.5. The topological polar surface area (TPSA) is 70.2 Å². The van der Waals surface area contributed by atoms with Gasteiger partial charge in [0.25, 0.3) is 0 Å². The van der Waals surface area contributed by atoms with Crippen LogP contribution in [0.25, 0.3) is 0 Å². The van der Waals surface area contributed by atoms with Gasteiger partial charge in [-0.05, 0) is 25.0 Å². The van der Waals surface area contributed by atoms with E-state index in [1.165, 1.54) is 0 Å². The lowest BCUT2D eigenvalue weighted by atomic mass is 10.3. The van der Waals surface area contributed by atoms with Gasteiger partial charge in [0, 0.05) is 6.04 Å². The zero-order chi connectivity index (χ0) is 13.0. The number of carbonyl (C=O) groups is 2. The molecule has 0 bridgehead atoms. The molecule has 0 radical (unpaired) electrons. The van der Waals surface area contributed by atoms with Crippen molar-refractivity contribution in [1.82, 2.24) is 10.6 Å². The van der Waals surface area contributed by atoms with Gasteiger partial charge >= 0.3 is 6.03 Å². The van der Waals surface area contributed by atoms with E-state index in [0.29, 0.717) is 16.8 Å². The largest absolute Gasteiger partial charge is 0.352 e. The van der Waals surface area contributed by atoms with Crippen molar-refractivity contribution in [2.75, 3.05) is 11.9 Å². The summed E-state index contributed by atoms with van der Waals surface area (Å²) in [5.41, 5.74) is 0.513. The number of hydrogen-bond acceptors (Lipinski definition) is 2. The maximum absolute atomic E-state index is 11.5. The summed E-state index contributed by atoms with van der Waals surface area (Å²) in [6.07, 6.45) is 2.05. The van der Waals surface area contributed by atoms with Crippen LogP contribution in [-0.2, 0) is 4.79 Å². The van der Waals surface area contributed by atoms with Gasteiger partial charge in [-0.1, -0.05) is 23.7 Å². The van der Waals surface area contributed by atoms with Crippen LogP contribution in [0.2, 0.25) is 5.02 Å². The molecule has 0 spiro atoms. The maximum Gasteiger partial charge on any atom is 0.319 e. The van der Waals surface area contributed by atoms with Crippen LogP contribution in [0.4, 0.5) is 10.5 Å². The molecule has 0 aliphatic heterocycles. The molecule has 1 aliphatic carbocycles. The van der Waals surface area contributed by atoms with Crippen molar-refractivity contribution in [3.05, 3.63) is 29.3 Å². The summed E-state index contributed by atoms with van der Waals surface area (Å²) in [6, 6.07) is 6.75. The molecule has 1 aromatic carbocycles. The molecule has 96 valence electrons. The fourth-order valence-corrected chi connectivity index (χ4v) is 1.58. The van der Waals surface area contributed by atoms with Crippen molar-refractivity contribution in [3.63, 3.8) is 0 Å². The standard InChI is InChI=1S/C12H14ClN3O2/c13-9-3-1-2-4-10(9)16-12(18)14-7-11(17)15-8-5-6-8/h1-4,8H,5-7H2,(H,15,17)(H2,14,16,18). The average molecular weight is 268 g/mol. The third kappa shape index (κ3) is 3.92. The molecule has 5 nitrogen and oxygen atoms in total. The quantitative estimate of drug-likeness (QED) is 0.778. The van der Waals surface area contributed by atoms with E-state index in [9.17, 15) is 9.59 Å². The summed E-state index contributed by atoms with van der Waals surface area (Å²) in [5.74, 6) is -0.174. The van der Waals surface area contributed by atoms with Crippen LogP contribution in [0.3, 0.4) is 0 Å². The highest BCUT2D eigenvalue weighted by molar-refractivity contribution is 6.33. The predicted molar refractivity (Wildman–Crippen MR) is 69.6 cm³/mol. The Hall–Kier alpha value is -1.75. The molecule has 0 saturated heterocycles. The van der Waals surface area contributed by atoms with Crippen LogP contribution >= 0.6 is 11.6 Å². The molecule has 0 heterocycles. The number of halogens is 1. The van der Waals surface area contributed by atoms with Crippen molar-refractivity contribution in [1.29, 1.82) is 0 Å². The Morgan fingerprint density at radius 2 is 2.00 bits per heavy atom. The maximum atomic E-state index is 11.5. The number of hydrogen-bond donors (Lipinski definition) is 3. The summed E-state index contributed by atoms with van der Waals surface area (Å²) in [6.45, 7) is -0.0349. The smallest absolute Gasteiger partial charge is 0.319 e. The highest BCUT2D eigenvalue weighted by atomic mass is 35.5. The van der Waals surface area contributed by atoms with Gasteiger partial charge in [0.2, 0.25) is 5.91 Å². The highest BCUT2D eigenvalue weighted by Gasteiger charge is 2.23. The van der Waals surface area contributed by atoms with Gasteiger partial charge < -0.3 is 16.0 Å². The van der Waals surface area contributed by atoms with Crippen molar-refractivity contribution in [3.8, 4) is 0 Å². The van der Waals surface area contributed by atoms with Crippen LogP contribution in [-0.4, -0.2) is 24.5 Å². The lowest BCUT2D eigenvalue weighted by Gasteiger charge is -2.08. The molecular formula is C12H14ClN3O2. The minimum absolute atomic E-state index is 0.0349. The third-order valence-corrected chi connectivity index (χ3v) is 2.80. The predicted octanol–water partition coefficient (Wildman–Crippen LogP) is 1.74. The number of para-hydroxylation sites is 1. The first-order valence-electron chi connectivity index (χ1n) is 5.74. The Bertz CT molecular complexity index is 460. The van der Waals surface area contributed by atoms with Crippen LogP contribution in [0.5, 0.6) is 0 Å². The number of carbonyl (C=O) groups excluding carboxylic acids is 2. The number of urea groups is 1. The fraction of sp³-hybridized carbons (Fsp3) is 0.333. The summed E-state index contributed by atoms with van der Waals surface area (Å²) in [4.78, 5) is 22.8. The minimum atomic E-state index is -0.450. The molecule has 6 heteroatoms. The first-order chi connectivity index (χ1) is 8.65. The fourth-order valence-electron chi connectivity index (χ4n) is 1.40. The van der Waals surface area contributed by atoms with Crippen LogP contribution in [0.1, 0.15) is 12.8 Å². The second kappa shape index (κ2) is 5.73. The van der Waals surface area contributed by atoms with Gasteiger partial charge in [-0.3, -0.25) is 4.79 Å². The van der Waals surface area contributed by atoms with E-state index in [1.807, 2.05) is 0 Å². The molecule has 3 amide bonds. The number of amides is 3. The first-order valence-corrected chi connectivity index (χ1v) is 6.11. The number of benzene rings is 1. The molecule has 0 unspecified atom stereocenters. The van der Waals surface area contributed by atoms with Crippen molar-refractivity contribution in [2.45, 2.75) is 18.9 Å². The van der Waals surface area contributed by atoms with E-state index < -0.39 is 6.03 Å². The molecule has 1 fully saturated rings. The van der Waals surface area contributed by atoms with E-state index in [0.717, 1.165) is 12.8 Å². The van der Waals surface area contributed by atoms with Crippen molar-refractivity contribution >= 4 is 29.2 Å². The van der Waals surface area contributed by atoms with E-state index in [2.05, 4.69) is 16.0 Å². The number of nitrogens with one attached hydrogen (secondary N) is 3. The van der Waals surface area contributed by atoms with E-state index in [4.69, 9.17) is 11.6 Å². The van der Waals surface area contributed by atoms with E-state index in [-0.39, 0.29) is 12.5 Å². The molecule has 18 heavy (non-hydrogen) atoms. The monoisotopic (exact) mass is 267 g/mol. The van der Waals surface area contributed by atoms with Crippen molar-refractivity contribution < 1.29 is 9.59 Å². The summed E-state index contributed by atoms with van der Waals surface area (Å²) in [7, 11) is 0. The van der Waals surface area contributed by atoms with E-state index in [1.54, 1.807) is 24.3 Å². The van der Waals surface area contributed by atoms with Crippen LogP contribution in [0.15, 0.2) is 24.3 Å². The van der Waals surface area contributed by atoms with Crippen LogP contribution in [0, 0.1) is 0 Å². The number of anilines is 1. The van der Waals surface area contributed by atoms with Gasteiger partial charge in [-0.2, -0.15) is 0 Å². The average Bonchev–Trinajstić information content (AvgIpc) is 3.13. The summed E-state index contributed by atoms with van der Waals surface area (Å²) >= 11 is 5.89. The molecule has 3 N–H and O–H groups in total.